The van der Waals surface area contributed by atoms with Crippen LogP contribution in [0.4, 0.5) is 17.1 Å². The third-order valence-corrected chi connectivity index (χ3v) is 8.86. The van der Waals surface area contributed by atoms with E-state index >= 15 is 0 Å². The minimum Gasteiger partial charge on any atom is -0.310 e. The maximum Gasteiger partial charge on any atom is 0.0651 e. The van der Waals surface area contributed by atoms with Crippen molar-refractivity contribution in [1.82, 2.24) is 4.57 Å². The SMILES string of the molecule is [2H]c1c([2H])c([2H])c(-c2c([2H])c([2H])c(-c3c([2H])c([2H])c(N(c4c([2H])c([2H])c(-c5c([2H])c([2H])c([2H])c([2H])c5[2H])c([2H])c4[2H])c4c([2H])c([2H])c([2H])c(-c5ccc6c(c5)c5ccccc5n6-c5ccccc5)c4[2H])c([2H])c3[2H])c([2H])c2[2H])c([2H])c1[2H]. The van der Waals surface area contributed by atoms with Crippen LogP contribution in [0, 0.1) is 0 Å². The second-order valence-corrected chi connectivity index (χ2v) is 12.2. The number of para-hydroxylation sites is 2. The Morgan fingerprint density at radius 3 is 1.41 bits per heavy atom. The molecule has 0 bridgehead atoms. The summed E-state index contributed by atoms with van der Waals surface area (Å²) in [6, 6.07) is -3.83. The molecule has 1 aromatic heterocycles. The van der Waals surface area contributed by atoms with Gasteiger partial charge in [-0.05, 0) is 111 Å². The zero-order valence-corrected chi connectivity index (χ0v) is 28.8. The van der Waals surface area contributed by atoms with Crippen LogP contribution in [-0.2, 0) is 0 Å². The van der Waals surface area contributed by atoms with Crippen molar-refractivity contribution in [2.75, 3.05) is 4.90 Å². The molecule has 0 fully saturated rings. The number of hydrogen-bond acceptors (Lipinski definition) is 1. The molecule has 0 aliphatic heterocycles. The smallest absolute Gasteiger partial charge is 0.0651 e. The summed E-state index contributed by atoms with van der Waals surface area (Å²) < 4.78 is 236. The van der Waals surface area contributed by atoms with Gasteiger partial charge in [0.25, 0.3) is 0 Å². The average molecular weight is 741 g/mol. The molecule has 0 aliphatic rings. The van der Waals surface area contributed by atoms with Gasteiger partial charge in [-0.25, -0.2) is 0 Å². The normalized spacial score (nSPS) is 17.7. The monoisotopic (exact) mass is 740 g/mol. The minimum atomic E-state index is -1.19. The van der Waals surface area contributed by atoms with Crippen molar-refractivity contribution in [3.8, 4) is 50.2 Å². The van der Waals surface area contributed by atoms with Crippen LogP contribution in [0.2, 0.25) is 0 Å². The highest BCUT2D eigenvalue weighted by Crippen LogP contribution is 2.40. The molecule has 9 aromatic carbocycles. The number of rotatable bonds is 8. The maximum absolute atomic E-state index is 9.98. The van der Waals surface area contributed by atoms with Crippen molar-refractivity contribution in [3.05, 3.63) is 230 Å². The van der Waals surface area contributed by atoms with Crippen molar-refractivity contribution >= 4 is 38.9 Å². The highest BCUT2D eigenvalue weighted by atomic mass is 15.1. The van der Waals surface area contributed by atoms with Crippen LogP contribution in [-0.4, -0.2) is 4.57 Å². The van der Waals surface area contributed by atoms with E-state index in [1.807, 2.05) is 53.1 Å². The average Bonchev–Trinajstić information content (AvgIpc) is 1.19. The van der Waals surface area contributed by atoms with Crippen LogP contribution in [0.3, 0.4) is 0 Å². The summed E-state index contributed by atoms with van der Waals surface area (Å²) in [6.07, 6.45) is 0. The summed E-state index contributed by atoms with van der Waals surface area (Å²) >= 11 is 0. The molecule has 0 unspecified atom stereocenters. The van der Waals surface area contributed by atoms with Crippen molar-refractivity contribution in [3.63, 3.8) is 0 Å². The minimum absolute atomic E-state index is 0.106. The second kappa shape index (κ2) is 14.4. The van der Waals surface area contributed by atoms with Gasteiger partial charge in [0.05, 0.1) is 46.7 Å². The Morgan fingerprint density at radius 2 is 0.821 bits per heavy atom. The van der Waals surface area contributed by atoms with E-state index in [1.54, 1.807) is 24.3 Å². The summed E-state index contributed by atoms with van der Waals surface area (Å²) in [7, 11) is 0. The first-order chi connectivity index (χ1) is 38.6. The predicted molar refractivity (Wildman–Crippen MR) is 237 cm³/mol. The first-order valence-corrected chi connectivity index (χ1v) is 17.1. The van der Waals surface area contributed by atoms with Crippen LogP contribution in [0.1, 0.15) is 35.6 Å². The van der Waals surface area contributed by atoms with E-state index < -0.39 is 208 Å². The van der Waals surface area contributed by atoms with E-state index in [9.17, 15) is 16.4 Å². The summed E-state index contributed by atoms with van der Waals surface area (Å²) in [5, 5.41) is 1.33. The Balaban J connectivity index is 1.30. The molecule has 2 heteroatoms. The van der Waals surface area contributed by atoms with Gasteiger partial charge < -0.3 is 9.47 Å². The third-order valence-electron chi connectivity index (χ3n) is 8.86. The summed E-state index contributed by atoms with van der Waals surface area (Å²) in [5.74, 6) is 0. The molecular formula is C54H38N2. The first kappa shape index (κ1) is 15.7. The van der Waals surface area contributed by atoms with Crippen LogP contribution in [0.25, 0.3) is 72.0 Å². The fourth-order valence-electron chi connectivity index (χ4n) is 6.31. The third kappa shape index (κ3) is 6.24. The van der Waals surface area contributed by atoms with Gasteiger partial charge in [-0.15, -0.1) is 0 Å². The largest absolute Gasteiger partial charge is 0.310 e. The number of nitrogens with zero attached hydrogens (tertiary/aromatic N) is 2. The molecule has 0 aliphatic carbocycles. The molecule has 0 saturated heterocycles. The fourth-order valence-corrected chi connectivity index (χ4v) is 6.31. The molecule has 10 aromatic rings. The first-order valence-electron chi connectivity index (χ1n) is 30.1. The number of hydrogen-bond donors (Lipinski definition) is 0. The van der Waals surface area contributed by atoms with E-state index in [-0.39, 0.29) is 11.1 Å². The Labute approximate surface area is 364 Å². The lowest BCUT2D eigenvalue weighted by atomic mass is 9.99. The van der Waals surface area contributed by atoms with Gasteiger partial charge in [0, 0.05) is 33.5 Å². The number of benzene rings is 9. The molecule has 0 amide bonds. The molecule has 0 atom stereocenters. The fraction of sp³-hybridized carbons (Fsp3) is 0. The summed E-state index contributed by atoms with van der Waals surface area (Å²) in [4.78, 5) is 0.499. The molecule has 56 heavy (non-hydrogen) atoms. The van der Waals surface area contributed by atoms with Gasteiger partial charge >= 0.3 is 0 Å². The maximum atomic E-state index is 9.98. The van der Waals surface area contributed by atoms with Crippen molar-refractivity contribution in [2.24, 2.45) is 0 Å². The van der Waals surface area contributed by atoms with Gasteiger partial charge in [-0.3, -0.25) is 0 Å². The van der Waals surface area contributed by atoms with E-state index in [1.165, 1.54) is 0 Å². The van der Waals surface area contributed by atoms with Crippen LogP contribution in [0.5, 0.6) is 0 Å². The molecule has 264 valence electrons. The van der Waals surface area contributed by atoms with E-state index in [0.29, 0.717) is 15.8 Å². The van der Waals surface area contributed by atoms with Crippen LogP contribution < -0.4 is 4.90 Å². The van der Waals surface area contributed by atoms with E-state index in [0.717, 1.165) is 16.6 Å². The molecule has 0 N–H and O–H groups in total. The van der Waals surface area contributed by atoms with Gasteiger partial charge in [0.2, 0.25) is 0 Å². The van der Waals surface area contributed by atoms with E-state index in [2.05, 4.69) is 0 Å². The van der Waals surface area contributed by atoms with Crippen LogP contribution in [0.15, 0.2) is 230 Å². The number of aromatic nitrogens is 1. The van der Waals surface area contributed by atoms with Gasteiger partial charge in [-0.2, -0.15) is 0 Å². The summed E-state index contributed by atoms with van der Waals surface area (Å²) in [6.45, 7) is 0. The second-order valence-electron chi connectivity index (χ2n) is 12.2. The lowest BCUT2D eigenvalue weighted by Gasteiger charge is -2.26. The highest BCUT2D eigenvalue weighted by Gasteiger charge is 2.16. The Bertz CT molecular complexity index is 4330. The quantitative estimate of drug-likeness (QED) is 0.151. The molecule has 2 nitrogen and oxygen atoms in total. The molecule has 1 heterocycles. The lowest BCUT2D eigenvalue weighted by Crippen LogP contribution is -2.10. The standard InChI is InChI=1S/C54H38N2/c1-4-13-39(14-5-1)41-23-25-42(26-24-41)44-29-34-49(35-30-44)55(48-32-27-43(28-33-48)40-15-6-2-7-16-40)50-20-12-17-45(37-50)46-31-36-54-52(38-46)51-21-10-11-22-53(51)56(54)47-18-8-3-9-19-47/h1-38H/i1D,2D,4D,5D,6D,7D,12D,13D,14D,15D,16D,17D,20D,23D,24D,25D,26D,27D,28D,29D,30D,32D,33D,34D,35D,37D. The molecule has 0 spiro atoms. The lowest BCUT2D eigenvalue weighted by molar-refractivity contribution is 1.18. The number of anilines is 3. The Kier molecular flexibility index (Phi) is 4.06. The molecule has 0 radical (unpaired) electrons. The molecular weight excluding hydrogens is 677 g/mol. The van der Waals surface area contributed by atoms with Gasteiger partial charge in [0.15, 0.2) is 0 Å². The predicted octanol–water partition coefficient (Wildman–Crippen LogP) is 14.9. The zero-order chi connectivity index (χ0) is 59.9. The van der Waals surface area contributed by atoms with Crippen molar-refractivity contribution in [1.29, 1.82) is 0 Å². The van der Waals surface area contributed by atoms with E-state index in [4.69, 9.17) is 19.2 Å². The number of fused-ring (bicyclic) bond motifs is 3. The summed E-state index contributed by atoms with van der Waals surface area (Å²) in [5.41, 5.74) is -5.75. The van der Waals surface area contributed by atoms with Gasteiger partial charge in [-0.1, -0.05) is 163 Å². The Hall–Kier alpha value is -7.42. The zero-order valence-electron chi connectivity index (χ0n) is 54.8. The molecule has 10 rings (SSSR count). The molecule has 0 saturated carbocycles. The topological polar surface area (TPSA) is 8.17 Å². The van der Waals surface area contributed by atoms with Crippen molar-refractivity contribution in [2.45, 2.75) is 0 Å². The van der Waals surface area contributed by atoms with Crippen LogP contribution >= 0.6 is 0 Å². The highest BCUT2D eigenvalue weighted by molar-refractivity contribution is 6.10. The van der Waals surface area contributed by atoms with Gasteiger partial charge in [0.1, 0.15) is 0 Å². The van der Waals surface area contributed by atoms with Crippen molar-refractivity contribution < 1.29 is 35.6 Å². The Morgan fingerprint density at radius 1 is 0.339 bits per heavy atom.